The van der Waals surface area contributed by atoms with Crippen molar-refractivity contribution in [1.82, 2.24) is 4.98 Å². The van der Waals surface area contributed by atoms with Crippen molar-refractivity contribution in [1.29, 1.82) is 0 Å². The van der Waals surface area contributed by atoms with Crippen molar-refractivity contribution in [2.45, 2.75) is 44.9 Å². The normalized spacial score (nSPS) is 14.2. The number of carboxylic acid groups (broad SMARTS) is 1. The number of aromatic nitrogens is 1. The third kappa shape index (κ3) is 4.89. The van der Waals surface area contributed by atoms with Crippen molar-refractivity contribution >= 4 is 40.5 Å². The first-order valence-corrected chi connectivity index (χ1v) is 11.4. The number of rotatable bonds is 6. The van der Waals surface area contributed by atoms with Crippen LogP contribution in [-0.4, -0.2) is 23.1 Å². The predicted octanol–water partition coefficient (Wildman–Crippen LogP) is 7.30. The summed E-state index contributed by atoms with van der Waals surface area (Å²) in [6.07, 6.45) is 6.46. The molecule has 166 valence electrons. The van der Waals surface area contributed by atoms with E-state index < -0.39 is 5.97 Å². The fourth-order valence-corrected chi connectivity index (χ4v) is 4.70. The van der Waals surface area contributed by atoms with Crippen molar-refractivity contribution in [3.05, 3.63) is 76.4 Å². The molecule has 1 aromatic heterocycles. The zero-order chi connectivity index (χ0) is 22.7. The number of anilines is 4. The number of halogens is 1. The van der Waals surface area contributed by atoms with Crippen LogP contribution in [0.5, 0.6) is 0 Å². The Kier molecular flexibility index (Phi) is 6.66. The fraction of sp³-hybridized carbons (Fsp3) is 0.308. The Balaban J connectivity index is 1.52. The minimum Gasteiger partial charge on any atom is -0.477 e. The molecule has 1 aliphatic carbocycles. The van der Waals surface area contributed by atoms with E-state index in [2.05, 4.69) is 39.5 Å². The Morgan fingerprint density at radius 1 is 1.09 bits per heavy atom. The second-order valence-electron chi connectivity index (χ2n) is 8.44. The molecule has 0 spiro atoms. The first-order valence-electron chi connectivity index (χ1n) is 11.0. The third-order valence-electron chi connectivity index (χ3n) is 6.24. The molecule has 0 radical (unpaired) electrons. The van der Waals surface area contributed by atoms with E-state index in [0.29, 0.717) is 11.7 Å². The summed E-state index contributed by atoms with van der Waals surface area (Å²) in [4.78, 5) is 17.4. The first-order chi connectivity index (χ1) is 15.4. The average Bonchev–Trinajstić information content (AvgIpc) is 2.80. The summed E-state index contributed by atoms with van der Waals surface area (Å²) in [6.45, 7) is 2.01. The highest BCUT2D eigenvalue weighted by molar-refractivity contribution is 6.33. The van der Waals surface area contributed by atoms with Gasteiger partial charge in [0.2, 0.25) is 0 Å². The number of nitrogens with one attached hydrogen (secondary N) is 1. The number of pyridine rings is 1. The Morgan fingerprint density at radius 3 is 2.56 bits per heavy atom. The molecule has 0 aliphatic heterocycles. The molecule has 6 heteroatoms. The second-order valence-corrected chi connectivity index (χ2v) is 8.85. The van der Waals surface area contributed by atoms with Gasteiger partial charge in [-0.25, -0.2) is 9.78 Å². The molecule has 3 aromatic rings. The molecule has 0 bridgehead atoms. The summed E-state index contributed by atoms with van der Waals surface area (Å²) in [5, 5.41) is 13.1. The Morgan fingerprint density at radius 2 is 1.88 bits per heavy atom. The largest absolute Gasteiger partial charge is 0.477 e. The van der Waals surface area contributed by atoms with E-state index in [0.717, 1.165) is 27.6 Å². The number of aryl methyl sites for hydroxylation is 1. The highest BCUT2D eigenvalue weighted by Gasteiger charge is 2.18. The van der Waals surface area contributed by atoms with Crippen molar-refractivity contribution in [2.24, 2.45) is 0 Å². The van der Waals surface area contributed by atoms with Crippen molar-refractivity contribution in [2.75, 3.05) is 17.3 Å². The molecule has 32 heavy (non-hydrogen) atoms. The SMILES string of the molecule is Cc1cc(N(C)c2ccc(C3CCCCC3)cc2Cl)ccc1Nc1cccc(C(=O)O)n1. The van der Waals surface area contributed by atoms with Gasteiger partial charge in [0.15, 0.2) is 5.69 Å². The molecule has 2 N–H and O–H groups in total. The van der Waals surface area contributed by atoms with Crippen molar-refractivity contribution in [3.63, 3.8) is 0 Å². The maximum absolute atomic E-state index is 11.2. The zero-order valence-electron chi connectivity index (χ0n) is 18.4. The first kappa shape index (κ1) is 22.2. The molecule has 1 fully saturated rings. The number of carboxylic acids is 1. The summed E-state index contributed by atoms with van der Waals surface area (Å²) in [7, 11) is 2.02. The van der Waals surface area contributed by atoms with Gasteiger partial charge in [-0.2, -0.15) is 0 Å². The van der Waals surface area contributed by atoms with Crippen LogP contribution in [0.15, 0.2) is 54.6 Å². The Bertz CT molecular complexity index is 1130. The van der Waals surface area contributed by atoms with Crippen LogP contribution >= 0.6 is 11.6 Å². The monoisotopic (exact) mass is 449 g/mol. The van der Waals surface area contributed by atoms with Gasteiger partial charge in [0.05, 0.1) is 10.7 Å². The summed E-state index contributed by atoms with van der Waals surface area (Å²) >= 11 is 6.70. The van der Waals surface area contributed by atoms with Crippen LogP contribution in [-0.2, 0) is 0 Å². The second kappa shape index (κ2) is 9.61. The molecule has 5 nitrogen and oxygen atoms in total. The number of hydrogen-bond donors (Lipinski definition) is 2. The molecule has 1 aliphatic rings. The quantitative estimate of drug-likeness (QED) is 0.413. The van der Waals surface area contributed by atoms with Gasteiger partial charge in [0, 0.05) is 18.4 Å². The topological polar surface area (TPSA) is 65.5 Å². The molecule has 0 amide bonds. The lowest BCUT2D eigenvalue weighted by Gasteiger charge is -2.25. The van der Waals surface area contributed by atoms with Crippen molar-refractivity contribution in [3.8, 4) is 0 Å². The smallest absolute Gasteiger partial charge is 0.354 e. The summed E-state index contributed by atoms with van der Waals surface area (Å²) in [5.41, 5.74) is 5.24. The van der Waals surface area contributed by atoms with E-state index in [-0.39, 0.29) is 5.69 Å². The van der Waals surface area contributed by atoms with Crippen LogP contribution in [0, 0.1) is 6.92 Å². The minimum absolute atomic E-state index is 0.00956. The van der Waals surface area contributed by atoms with Crippen molar-refractivity contribution < 1.29 is 9.90 Å². The maximum atomic E-state index is 11.2. The van der Waals surface area contributed by atoms with Gasteiger partial charge in [-0.15, -0.1) is 0 Å². The van der Waals surface area contributed by atoms with E-state index in [1.54, 1.807) is 12.1 Å². The molecule has 0 unspecified atom stereocenters. The van der Waals surface area contributed by atoms with Gasteiger partial charge >= 0.3 is 5.97 Å². The van der Waals surface area contributed by atoms with E-state index in [4.69, 9.17) is 16.7 Å². The van der Waals surface area contributed by atoms with Gasteiger partial charge in [-0.3, -0.25) is 0 Å². The summed E-state index contributed by atoms with van der Waals surface area (Å²) in [5.74, 6) is 0.0747. The lowest BCUT2D eigenvalue weighted by atomic mass is 9.84. The van der Waals surface area contributed by atoms with Crippen LogP contribution in [0.1, 0.15) is 59.6 Å². The van der Waals surface area contributed by atoms with E-state index in [9.17, 15) is 4.79 Å². The van der Waals surface area contributed by atoms with Crippen LogP contribution in [0.3, 0.4) is 0 Å². The summed E-state index contributed by atoms with van der Waals surface area (Å²) in [6, 6.07) is 17.4. The lowest BCUT2D eigenvalue weighted by molar-refractivity contribution is 0.0690. The number of hydrogen-bond acceptors (Lipinski definition) is 4. The molecule has 4 rings (SSSR count). The molecule has 1 saturated carbocycles. The lowest BCUT2D eigenvalue weighted by Crippen LogP contribution is -2.11. The van der Waals surface area contributed by atoms with Crippen LogP contribution in [0.4, 0.5) is 22.9 Å². The van der Waals surface area contributed by atoms with Gasteiger partial charge in [0.1, 0.15) is 5.82 Å². The van der Waals surface area contributed by atoms with E-state index >= 15 is 0 Å². The molecule has 0 saturated heterocycles. The highest BCUT2D eigenvalue weighted by atomic mass is 35.5. The maximum Gasteiger partial charge on any atom is 0.354 e. The Hall–Kier alpha value is -3.05. The molecule has 2 aromatic carbocycles. The average molecular weight is 450 g/mol. The molecular formula is C26H28ClN3O2. The fourth-order valence-electron chi connectivity index (χ4n) is 4.38. The molecule has 1 heterocycles. The van der Waals surface area contributed by atoms with Crippen LogP contribution in [0.25, 0.3) is 0 Å². The van der Waals surface area contributed by atoms with Crippen LogP contribution in [0.2, 0.25) is 5.02 Å². The zero-order valence-corrected chi connectivity index (χ0v) is 19.2. The number of benzene rings is 2. The Labute approximate surface area is 194 Å². The summed E-state index contributed by atoms with van der Waals surface area (Å²) < 4.78 is 0. The molecular weight excluding hydrogens is 422 g/mol. The minimum atomic E-state index is -1.05. The van der Waals surface area contributed by atoms with Gasteiger partial charge < -0.3 is 15.3 Å². The van der Waals surface area contributed by atoms with Gasteiger partial charge in [-0.1, -0.05) is 43.0 Å². The highest BCUT2D eigenvalue weighted by Crippen LogP contribution is 2.38. The predicted molar refractivity (Wildman–Crippen MR) is 131 cm³/mol. The number of aromatic carboxylic acids is 1. The standard InChI is InChI=1S/C26H28ClN3O2/c1-17-15-20(12-13-22(17)28-25-10-6-9-23(29-25)26(31)32)30(2)24-14-11-19(16-21(24)27)18-7-4-3-5-8-18/h6,9-16,18H,3-5,7-8H2,1-2H3,(H,28,29)(H,31,32). The van der Waals surface area contributed by atoms with Gasteiger partial charge in [-0.05, 0) is 79.3 Å². The van der Waals surface area contributed by atoms with Gasteiger partial charge in [0.25, 0.3) is 0 Å². The van der Waals surface area contributed by atoms with E-state index in [1.807, 2.05) is 26.1 Å². The number of carbonyl (C=O) groups is 1. The third-order valence-corrected chi connectivity index (χ3v) is 6.54. The number of nitrogens with zero attached hydrogens (tertiary/aromatic N) is 2. The van der Waals surface area contributed by atoms with Crippen LogP contribution < -0.4 is 10.2 Å². The van der Waals surface area contributed by atoms with E-state index in [1.165, 1.54) is 43.7 Å². The molecule has 0 atom stereocenters.